The summed E-state index contributed by atoms with van der Waals surface area (Å²) in [7, 11) is 1.79. The van der Waals surface area contributed by atoms with Crippen LogP contribution in [0, 0.1) is 23.7 Å². The first-order chi connectivity index (χ1) is 22.4. The lowest BCUT2D eigenvalue weighted by molar-refractivity contribution is -0.128. The maximum Gasteiger partial charge on any atom is 0.226 e. The summed E-state index contributed by atoms with van der Waals surface area (Å²) < 4.78 is 0. The highest BCUT2D eigenvalue weighted by molar-refractivity contribution is 5.86. The maximum atomic E-state index is 13.4. The van der Waals surface area contributed by atoms with Gasteiger partial charge in [-0.15, -0.1) is 0 Å². The fourth-order valence-electron chi connectivity index (χ4n) is 6.87. The lowest BCUT2D eigenvalue weighted by Crippen LogP contribution is -2.53. The number of benzene rings is 1. The molecular weight excluding hydrogens is 604 g/mol. The third-order valence-electron chi connectivity index (χ3n) is 9.80. The van der Waals surface area contributed by atoms with Crippen molar-refractivity contribution in [1.29, 1.82) is 0 Å². The van der Waals surface area contributed by atoms with Crippen LogP contribution in [0.4, 0.5) is 0 Å². The summed E-state index contributed by atoms with van der Waals surface area (Å²) in [5, 5.41) is 31.1. The highest BCUT2D eigenvalue weighted by atomic mass is 16.3. The number of nitrogens with two attached hydrogens (primary N) is 1. The van der Waals surface area contributed by atoms with Gasteiger partial charge in [0.1, 0.15) is 5.75 Å². The molecule has 0 spiro atoms. The van der Waals surface area contributed by atoms with Crippen LogP contribution >= 0.6 is 0 Å². The van der Waals surface area contributed by atoms with Gasteiger partial charge in [0.25, 0.3) is 0 Å². The molecule has 0 aromatic heterocycles. The van der Waals surface area contributed by atoms with E-state index in [1.54, 1.807) is 19.2 Å². The third-order valence-corrected chi connectivity index (χ3v) is 9.80. The van der Waals surface area contributed by atoms with Crippen molar-refractivity contribution in [2.24, 2.45) is 29.4 Å². The number of rotatable bonds is 15. The van der Waals surface area contributed by atoms with Crippen molar-refractivity contribution in [3.8, 4) is 5.75 Å². The Bertz CT molecular complexity index is 1260. The molecule has 1 saturated carbocycles. The average Bonchev–Trinajstić information content (AvgIpc) is 3.79. The normalized spacial score (nSPS) is 26.8. The second-order valence-electron chi connectivity index (χ2n) is 13.6. The molecule has 2 heterocycles. The second kappa shape index (κ2) is 16.9. The Kier molecular flexibility index (Phi) is 13.0. The molecule has 3 aliphatic rings. The number of carbonyl (C=O) groups excluding carboxylic acids is 5. The van der Waals surface area contributed by atoms with E-state index in [2.05, 4.69) is 37.2 Å². The summed E-state index contributed by atoms with van der Waals surface area (Å²) in [5.41, 5.74) is 6.49. The molecule has 0 radical (unpaired) electrons. The zero-order valence-electron chi connectivity index (χ0n) is 27.6. The van der Waals surface area contributed by atoms with Crippen LogP contribution in [0.2, 0.25) is 0 Å². The number of hydrogen-bond acceptors (Lipinski definition) is 9. The first-order valence-electron chi connectivity index (χ1n) is 16.8. The number of phenolic OH excluding ortho intramolecular Hbond substituents is 1. The molecule has 1 aliphatic carbocycles. The molecule has 5 amide bonds. The molecule has 1 aromatic carbocycles. The van der Waals surface area contributed by atoms with Crippen LogP contribution in [-0.4, -0.2) is 98.1 Å². The van der Waals surface area contributed by atoms with Crippen molar-refractivity contribution in [3.05, 3.63) is 29.8 Å². The number of nitrogens with one attached hydrogen (secondary N) is 7. The number of likely N-dealkylation sites (N-methyl/N-ethyl adjacent to an activating group) is 1. The minimum atomic E-state index is -0.531. The van der Waals surface area contributed by atoms with Gasteiger partial charge in [0.05, 0.1) is 29.8 Å². The van der Waals surface area contributed by atoms with Crippen molar-refractivity contribution in [2.75, 3.05) is 33.2 Å². The molecule has 10 N–H and O–H groups in total. The molecule has 2 aliphatic heterocycles. The fourth-order valence-corrected chi connectivity index (χ4v) is 6.87. The highest BCUT2D eigenvalue weighted by Gasteiger charge is 2.40. The number of primary amides is 1. The van der Waals surface area contributed by atoms with Crippen molar-refractivity contribution in [2.45, 2.75) is 82.6 Å². The summed E-state index contributed by atoms with van der Waals surface area (Å²) in [6, 6.07) is 5.20. The van der Waals surface area contributed by atoms with E-state index in [4.69, 9.17) is 5.73 Å². The van der Waals surface area contributed by atoms with Crippen LogP contribution in [0.15, 0.2) is 24.3 Å². The number of aromatic hydroxyl groups is 1. The minimum Gasteiger partial charge on any atom is -0.508 e. The Morgan fingerprint density at radius 3 is 2.02 bits per heavy atom. The van der Waals surface area contributed by atoms with E-state index in [1.165, 1.54) is 0 Å². The first kappa shape index (κ1) is 36.1. The van der Waals surface area contributed by atoms with Gasteiger partial charge in [-0.3, -0.25) is 24.0 Å². The average molecular weight is 657 g/mol. The Morgan fingerprint density at radius 2 is 1.40 bits per heavy atom. The number of amides is 5. The van der Waals surface area contributed by atoms with Gasteiger partial charge in [-0.05, 0) is 49.9 Å². The van der Waals surface area contributed by atoms with Crippen LogP contribution in [-0.2, 0) is 30.4 Å². The van der Waals surface area contributed by atoms with Gasteiger partial charge in [0.15, 0.2) is 0 Å². The zero-order valence-corrected chi connectivity index (χ0v) is 27.6. The molecule has 6 unspecified atom stereocenters. The Labute approximate surface area is 276 Å². The van der Waals surface area contributed by atoms with Gasteiger partial charge in [-0.25, -0.2) is 0 Å². The van der Waals surface area contributed by atoms with Crippen molar-refractivity contribution in [1.82, 2.24) is 37.2 Å². The van der Waals surface area contributed by atoms with Crippen molar-refractivity contribution in [3.63, 3.8) is 0 Å². The summed E-state index contributed by atoms with van der Waals surface area (Å²) in [5.74, 6) is -2.54. The summed E-state index contributed by atoms with van der Waals surface area (Å²) >= 11 is 0. The van der Waals surface area contributed by atoms with E-state index in [0.717, 1.165) is 12.0 Å². The molecule has 4 rings (SSSR count). The largest absolute Gasteiger partial charge is 0.508 e. The monoisotopic (exact) mass is 656 g/mol. The molecule has 3 fully saturated rings. The van der Waals surface area contributed by atoms with Crippen LogP contribution in [0.25, 0.3) is 0 Å². The molecule has 260 valence electrons. The molecule has 47 heavy (non-hydrogen) atoms. The standard InChI is InChI=1S/C33H52N8O6/c1-18(2)26(13-30(44)38-25-6-4-5-22(25)31(34)45)40-32(46)24-15-37-17-28(24)41-33(47)23-14-36-16-27(23)39-29(43)12-20(35-3)11-19-7-9-21(42)10-8-19/h7-10,18,20,22-28,35-37,42H,4-6,11-17H2,1-3H3,(H2,34,45)(H,38,44)(H,39,43)(H,40,46)(H,41,47)/t20-,22?,23?,24?,25?,26+,27?,28?/m0/s1. The lowest BCUT2D eigenvalue weighted by Gasteiger charge is -2.28. The predicted octanol–water partition coefficient (Wildman–Crippen LogP) is -1.38. The minimum absolute atomic E-state index is 0.0276. The molecule has 8 atom stereocenters. The predicted molar refractivity (Wildman–Crippen MR) is 176 cm³/mol. The van der Waals surface area contributed by atoms with Gasteiger partial charge in [0.2, 0.25) is 29.5 Å². The van der Waals surface area contributed by atoms with Gasteiger partial charge in [-0.2, -0.15) is 0 Å². The second-order valence-corrected chi connectivity index (χ2v) is 13.6. The van der Waals surface area contributed by atoms with Gasteiger partial charge in [0, 0.05) is 57.1 Å². The van der Waals surface area contributed by atoms with E-state index in [0.29, 0.717) is 45.4 Å². The SMILES string of the molecule is CN[C@H](CC(=O)NC1CNCC1C(=O)NC1CNCC1C(=O)N[C@H](CC(=O)NC1CCCC1C(N)=O)C(C)C)Cc1ccc(O)cc1. The van der Waals surface area contributed by atoms with E-state index >= 15 is 0 Å². The highest BCUT2D eigenvalue weighted by Crippen LogP contribution is 2.25. The maximum absolute atomic E-state index is 13.4. The number of phenols is 1. The molecule has 2 saturated heterocycles. The molecule has 1 aromatic rings. The molecule has 14 nitrogen and oxygen atoms in total. The number of carbonyl (C=O) groups is 5. The van der Waals surface area contributed by atoms with E-state index in [9.17, 15) is 29.1 Å². The van der Waals surface area contributed by atoms with E-state index < -0.39 is 35.9 Å². The van der Waals surface area contributed by atoms with E-state index in [1.807, 2.05) is 26.0 Å². The van der Waals surface area contributed by atoms with E-state index in [-0.39, 0.29) is 66.1 Å². The van der Waals surface area contributed by atoms with Gasteiger partial charge >= 0.3 is 0 Å². The smallest absolute Gasteiger partial charge is 0.226 e. The fraction of sp³-hybridized carbons (Fsp3) is 0.667. The Balaban J connectivity index is 1.27. The van der Waals surface area contributed by atoms with Crippen LogP contribution in [0.5, 0.6) is 5.75 Å². The van der Waals surface area contributed by atoms with Gasteiger partial charge in [-0.1, -0.05) is 32.4 Å². The first-order valence-corrected chi connectivity index (χ1v) is 16.8. The Hall–Kier alpha value is -3.75. The quantitative estimate of drug-likeness (QED) is 0.109. The summed E-state index contributed by atoms with van der Waals surface area (Å²) in [4.78, 5) is 64.5. The van der Waals surface area contributed by atoms with Crippen LogP contribution < -0.4 is 43.0 Å². The molecule has 0 bridgehead atoms. The molecule has 14 heteroatoms. The lowest BCUT2D eigenvalue weighted by atomic mass is 9.95. The third kappa shape index (κ3) is 10.1. The van der Waals surface area contributed by atoms with Crippen molar-refractivity contribution >= 4 is 29.5 Å². The molecular formula is C33H52N8O6. The zero-order chi connectivity index (χ0) is 34.1. The van der Waals surface area contributed by atoms with Crippen LogP contribution in [0.1, 0.15) is 51.5 Å². The van der Waals surface area contributed by atoms with Gasteiger partial charge < -0.3 is 48.1 Å². The Morgan fingerprint density at radius 1 is 0.809 bits per heavy atom. The number of hydrogen-bond donors (Lipinski definition) is 9. The summed E-state index contributed by atoms with van der Waals surface area (Å²) in [6.45, 7) is 5.52. The van der Waals surface area contributed by atoms with Crippen molar-refractivity contribution < 1.29 is 29.1 Å². The topological polar surface area (TPSA) is 216 Å². The van der Waals surface area contributed by atoms with Crippen LogP contribution in [0.3, 0.4) is 0 Å². The summed E-state index contributed by atoms with van der Waals surface area (Å²) in [6.07, 6.45) is 3.09.